The van der Waals surface area contributed by atoms with Gasteiger partial charge in [0.05, 0.1) is 17.9 Å². The molecule has 0 spiro atoms. The van der Waals surface area contributed by atoms with Gasteiger partial charge in [-0.2, -0.15) is 0 Å². The fourth-order valence-electron chi connectivity index (χ4n) is 1.70. The lowest BCUT2D eigenvalue weighted by atomic mass is 10.2. The van der Waals surface area contributed by atoms with E-state index in [9.17, 15) is 9.59 Å². The van der Waals surface area contributed by atoms with E-state index in [0.717, 1.165) is 0 Å². The number of rotatable bonds is 8. The van der Waals surface area contributed by atoms with Crippen LogP contribution in [0.2, 0.25) is 5.02 Å². The second-order valence-electron chi connectivity index (χ2n) is 4.67. The highest BCUT2D eigenvalue weighted by Crippen LogP contribution is 2.27. The Bertz CT molecular complexity index is 741. The highest BCUT2D eigenvalue weighted by atomic mass is 35.5. The second-order valence-corrected chi connectivity index (χ2v) is 7.28. The lowest BCUT2D eigenvalue weighted by molar-refractivity contribution is -0.137. The molecule has 1 amide bonds. The SMILES string of the molecule is CC[C@H](Oc1ccccc1Cl)C(=O)Nc1nnc(SCC(=O)OC)s1. The third kappa shape index (κ3) is 5.87. The Morgan fingerprint density at radius 3 is 2.80 bits per heavy atom. The largest absolute Gasteiger partial charge is 0.479 e. The summed E-state index contributed by atoms with van der Waals surface area (Å²) < 4.78 is 10.8. The molecular weight excluding hydrogens is 386 g/mol. The summed E-state index contributed by atoms with van der Waals surface area (Å²) in [5, 5.41) is 11.2. The summed E-state index contributed by atoms with van der Waals surface area (Å²) in [5.74, 6) is -0.127. The van der Waals surface area contributed by atoms with Gasteiger partial charge in [-0.25, -0.2) is 0 Å². The molecule has 25 heavy (non-hydrogen) atoms. The van der Waals surface area contributed by atoms with Crippen molar-refractivity contribution in [2.75, 3.05) is 18.2 Å². The summed E-state index contributed by atoms with van der Waals surface area (Å²) >= 11 is 8.41. The van der Waals surface area contributed by atoms with Crippen LogP contribution in [0.4, 0.5) is 5.13 Å². The van der Waals surface area contributed by atoms with Crippen molar-refractivity contribution in [3.05, 3.63) is 29.3 Å². The topological polar surface area (TPSA) is 90.4 Å². The van der Waals surface area contributed by atoms with E-state index < -0.39 is 6.10 Å². The number of carbonyl (C=O) groups excluding carboxylic acids is 2. The van der Waals surface area contributed by atoms with Gasteiger partial charge in [-0.1, -0.05) is 53.8 Å². The molecule has 7 nitrogen and oxygen atoms in total. The van der Waals surface area contributed by atoms with Crippen LogP contribution >= 0.6 is 34.7 Å². The maximum Gasteiger partial charge on any atom is 0.316 e. The molecule has 0 aliphatic carbocycles. The van der Waals surface area contributed by atoms with Gasteiger partial charge in [-0.15, -0.1) is 10.2 Å². The van der Waals surface area contributed by atoms with Crippen molar-refractivity contribution in [3.8, 4) is 5.75 Å². The number of nitrogens with one attached hydrogen (secondary N) is 1. The van der Waals surface area contributed by atoms with Crippen LogP contribution in [-0.4, -0.2) is 41.0 Å². The average molecular weight is 402 g/mol. The number of amides is 1. The monoisotopic (exact) mass is 401 g/mol. The Hall–Kier alpha value is -1.84. The molecule has 0 unspecified atom stereocenters. The highest BCUT2D eigenvalue weighted by Gasteiger charge is 2.21. The number of para-hydroxylation sites is 1. The number of halogens is 1. The number of hydrogen-bond acceptors (Lipinski definition) is 8. The van der Waals surface area contributed by atoms with Gasteiger partial charge in [0.2, 0.25) is 5.13 Å². The molecule has 0 saturated heterocycles. The Labute approximate surface area is 158 Å². The van der Waals surface area contributed by atoms with Crippen molar-refractivity contribution < 1.29 is 19.1 Å². The van der Waals surface area contributed by atoms with Crippen LogP contribution in [0.15, 0.2) is 28.6 Å². The normalized spacial score (nSPS) is 11.6. The van der Waals surface area contributed by atoms with Gasteiger partial charge in [0.1, 0.15) is 5.75 Å². The van der Waals surface area contributed by atoms with Gasteiger partial charge in [0.15, 0.2) is 10.4 Å². The van der Waals surface area contributed by atoms with Crippen molar-refractivity contribution >= 4 is 51.7 Å². The Morgan fingerprint density at radius 1 is 1.36 bits per heavy atom. The Morgan fingerprint density at radius 2 is 2.12 bits per heavy atom. The summed E-state index contributed by atoms with van der Waals surface area (Å²) in [6.07, 6.45) is -0.255. The first-order valence-electron chi connectivity index (χ1n) is 7.28. The fourth-order valence-corrected chi connectivity index (χ4v) is 3.47. The Kier molecular flexibility index (Phi) is 7.48. The molecule has 1 atom stereocenters. The molecule has 1 heterocycles. The van der Waals surface area contributed by atoms with E-state index in [-0.39, 0.29) is 17.6 Å². The zero-order valence-corrected chi connectivity index (χ0v) is 15.9. The van der Waals surface area contributed by atoms with Crippen molar-refractivity contribution in [1.82, 2.24) is 10.2 Å². The van der Waals surface area contributed by atoms with Crippen molar-refractivity contribution in [2.24, 2.45) is 0 Å². The molecule has 1 N–H and O–H groups in total. The predicted octanol–water partition coefficient (Wildman–Crippen LogP) is 3.25. The molecule has 0 aliphatic rings. The zero-order valence-electron chi connectivity index (χ0n) is 13.5. The van der Waals surface area contributed by atoms with E-state index in [2.05, 4.69) is 20.3 Å². The highest BCUT2D eigenvalue weighted by molar-refractivity contribution is 8.01. The molecule has 0 radical (unpaired) electrons. The molecular formula is C15H16ClN3O4S2. The number of methoxy groups -OCH3 is 1. The molecule has 0 saturated carbocycles. The lowest BCUT2D eigenvalue weighted by Crippen LogP contribution is -2.32. The van der Waals surface area contributed by atoms with Gasteiger partial charge >= 0.3 is 5.97 Å². The summed E-state index contributed by atoms with van der Waals surface area (Å²) in [5.41, 5.74) is 0. The molecule has 2 aromatic rings. The van der Waals surface area contributed by atoms with Gasteiger partial charge < -0.3 is 9.47 Å². The van der Waals surface area contributed by atoms with Gasteiger partial charge in [0.25, 0.3) is 5.91 Å². The van der Waals surface area contributed by atoms with Crippen molar-refractivity contribution in [2.45, 2.75) is 23.8 Å². The average Bonchev–Trinajstić information content (AvgIpc) is 3.06. The summed E-state index contributed by atoms with van der Waals surface area (Å²) in [7, 11) is 1.32. The minimum Gasteiger partial charge on any atom is -0.479 e. The molecule has 1 aromatic heterocycles. The molecule has 0 bridgehead atoms. The first-order chi connectivity index (χ1) is 12.0. The lowest BCUT2D eigenvalue weighted by Gasteiger charge is -2.17. The van der Waals surface area contributed by atoms with E-state index in [4.69, 9.17) is 16.3 Å². The van der Waals surface area contributed by atoms with Crippen molar-refractivity contribution in [3.63, 3.8) is 0 Å². The van der Waals surface area contributed by atoms with Crippen LogP contribution in [0.25, 0.3) is 0 Å². The van der Waals surface area contributed by atoms with Crippen LogP contribution in [0.5, 0.6) is 5.75 Å². The molecule has 0 fully saturated rings. The van der Waals surface area contributed by atoms with E-state index in [0.29, 0.717) is 26.7 Å². The quantitative estimate of drug-likeness (QED) is 0.412. The van der Waals surface area contributed by atoms with Crippen LogP contribution in [0.1, 0.15) is 13.3 Å². The number of esters is 1. The maximum atomic E-state index is 12.4. The second kappa shape index (κ2) is 9.59. The zero-order chi connectivity index (χ0) is 18.2. The van der Waals surface area contributed by atoms with Crippen LogP contribution < -0.4 is 10.1 Å². The number of carbonyl (C=O) groups is 2. The van der Waals surface area contributed by atoms with Crippen LogP contribution in [0, 0.1) is 0 Å². The number of aromatic nitrogens is 2. The Balaban J connectivity index is 1.94. The standard InChI is InChI=1S/C15H16ClN3O4S2/c1-3-10(23-11-7-5-4-6-9(11)16)13(21)17-14-18-19-15(25-14)24-8-12(20)22-2/h4-7,10H,3,8H2,1-2H3,(H,17,18,21)/t10-/m0/s1. The minimum atomic E-state index is -0.713. The first-order valence-corrected chi connectivity index (χ1v) is 9.46. The van der Waals surface area contributed by atoms with Gasteiger partial charge in [0, 0.05) is 0 Å². The number of hydrogen-bond donors (Lipinski definition) is 1. The smallest absolute Gasteiger partial charge is 0.316 e. The van der Waals surface area contributed by atoms with E-state index >= 15 is 0 Å². The van der Waals surface area contributed by atoms with Gasteiger partial charge in [-0.05, 0) is 18.6 Å². The maximum absolute atomic E-state index is 12.4. The van der Waals surface area contributed by atoms with E-state index in [1.54, 1.807) is 24.3 Å². The fraction of sp³-hybridized carbons (Fsp3) is 0.333. The molecule has 2 rings (SSSR count). The summed E-state index contributed by atoms with van der Waals surface area (Å²) in [6, 6.07) is 6.95. The minimum absolute atomic E-state index is 0.131. The van der Waals surface area contributed by atoms with Crippen LogP contribution in [-0.2, 0) is 14.3 Å². The third-order valence-electron chi connectivity index (χ3n) is 2.95. The number of nitrogens with zero attached hydrogens (tertiary/aromatic N) is 2. The number of anilines is 1. The number of ether oxygens (including phenoxy) is 2. The van der Waals surface area contributed by atoms with E-state index in [1.807, 2.05) is 6.92 Å². The van der Waals surface area contributed by atoms with Crippen LogP contribution in [0.3, 0.4) is 0 Å². The molecule has 0 aliphatic heterocycles. The number of thioether (sulfide) groups is 1. The molecule has 1 aromatic carbocycles. The van der Waals surface area contributed by atoms with Crippen molar-refractivity contribution in [1.29, 1.82) is 0 Å². The summed E-state index contributed by atoms with van der Waals surface area (Å²) in [6.45, 7) is 1.83. The molecule has 134 valence electrons. The third-order valence-corrected chi connectivity index (χ3v) is 5.20. The summed E-state index contributed by atoms with van der Waals surface area (Å²) in [4.78, 5) is 23.5. The van der Waals surface area contributed by atoms with Gasteiger partial charge in [-0.3, -0.25) is 14.9 Å². The predicted molar refractivity (Wildman–Crippen MR) is 97.4 cm³/mol. The molecule has 10 heteroatoms. The number of benzene rings is 1. The first kappa shape index (κ1) is 19.5. The van der Waals surface area contributed by atoms with E-state index in [1.165, 1.54) is 30.2 Å².